The third kappa shape index (κ3) is 4.69. The molecule has 0 amide bonds. The SMILES string of the molecule is COc1ccc(C(C)NS(=O)(=O)Cc2ccc(F)cc2)cc1OC. The van der Waals surface area contributed by atoms with Crippen molar-refractivity contribution in [1.82, 2.24) is 4.72 Å². The largest absolute Gasteiger partial charge is 0.493 e. The first-order valence-electron chi connectivity index (χ1n) is 7.31. The second-order valence-corrected chi connectivity index (χ2v) is 7.09. The van der Waals surface area contributed by atoms with E-state index in [0.29, 0.717) is 17.1 Å². The molecule has 0 heterocycles. The van der Waals surface area contributed by atoms with E-state index in [1.54, 1.807) is 25.1 Å². The number of hydrogen-bond donors (Lipinski definition) is 1. The van der Waals surface area contributed by atoms with Crippen LogP contribution in [-0.4, -0.2) is 22.6 Å². The van der Waals surface area contributed by atoms with Gasteiger partial charge in [-0.15, -0.1) is 0 Å². The Bertz CT molecular complexity index is 791. The average molecular weight is 353 g/mol. The van der Waals surface area contributed by atoms with Gasteiger partial charge in [0.05, 0.1) is 20.0 Å². The van der Waals surface area contributed by atoms with Crippen LogP contribution in [0.3, 0.4) is 0 Å². The molecule has 130 valence electrons. The molecule has 7 heteroatoms. The van der Waals surface area contributed by atoms with Gasteiger partial charge in [0.2, 0.25) is 10.0 Å². The van der Waals surface area contributed by atoms with Crippen molar-refractivity contribution in [3.05, 3.63) is 59.4 Å². The van der Waals surface area contributed by atoms with Crippen LogP contribution >= 0.6 is 0 Å². The fourth-order valence-electron chi connectivity index (χ4n) is 2.30. The van der Waals surface area contributed by atoms with Crippen molar-refractivity contribution in [3.63, 3.8) is 0 Å². The summed E-state index contributed by atoms with van der Waals surface area (Å²) in [4.78, 5) is 0. The lowest BCUT2D eigenvalue weighted by Gasteiger charge is -2.16. The van der Waals surface area contributed by atoms with E-state index in [0.717, 1.165) is 5.56 Å². The van der Waals surface area contributed by atoms with Crippen LogP contribution in [-0.2, 0) is 15.8 Å². The molecule has 0 spiro atoms. The zero-order valence-corrected chi connectivity index (χ0v) is 14.6. The lowest BCUT2D eigenvalue weighted by Crippen LogP contribution is -2.28. The van der Waals surface area contributed by atoms with Gasteiger partial charge in [-0.3, -0.25) is 0 Å². The van der Waals surface area contributed by atoms with Crippen molar-refractivity contribution in [2.45, 2.75) is 18.7 Å². The van der Waals surface area contributed by atoms with Gasteiger partial charge >= 0.3 is 0 Å². The fraction of sp³-hybridized carbons (Fsp3) is 0.294. The first-order chi connectivity index (χ1) is 11.3. The van der Waals surface area contributed by atoms with Crippen LogP contribution in [0.15, 0.2) is 42.5 Å². The minimum atomic E-state index is -3.57. The smallest absolute Gasteiger partial charge is 0.216 e. The Balaban J connectivity index is 2.12. The van der Waals surface area contributed by atoms with Gasteiger partial charge in [-0.25, -0.2) is 17.5 Å². The molecule has 0 saturated heterocycles. The molecule has 5 nitrogen and oxygen atoms in total. The van der Waals surface area contributed by atoms with E-state index < -0.39 is 21.9 Å². The van der Waals surface area contributed by atoms with E-state index >= 15 is 0 Å². The summed E-state index contributed by atoms with van der Waals surface area (Å²) in [5, 5.41) is 0. The number of rotatable bonds is 7. The number of nitrogens with one attached hydrogen (secondary N) is 1. The van der Waals surface area contributed by atoms with Gasteiger partial charge in [-0.2, -0.15) is 0 Å². The molecule has 0 aromatic heterocycles. The Morgan fingerprint density at radius 3 is 2.25 bits per heavy atom. The number of benzene rings is 2. The monoisotopic (exact) mass is 353 g/mol. The molecule has 24 heavy (non-hydrogen) atoms. The third-order valence-electron chi connectivity index (χ3n) is 3.53. The van der Waals surface area contributed by atoms with Crippen molar-refractivity contribution in [1.29, 1.82) is 0 Å². The molecule has 2 rings (SSSR count). The average Bonchev–Trinajstić information content (AvgIpc) is 2.55. The summed E-state index contributed by atoms with van der Waals surface area (Å²) in [5.41, 5.74) is 1.26. The molecule has 0 saturated carbocycles. The van der Waals surface area contributed by atoms with Crippen LogP contribution in [0.4, 0.5) is 4.39 Å². The second-order valence-electron chi connectivity index (χ2n) is 5.34. The predicted molar refractivity (Wildman–Crippen MR) is 90.1 cm³/mol. The molecule has 0 aliphatic heterocycles. The van der Waals surface area contributed by atoms with E-state index in [4.69, 9.17) is 9.47 Å². The Morgan fingerprint density at radius 2 is 1.67 bits per heavy atom. The summed E-state index contributed by atoms with van der Waals surface area (Å²) in [5.74, 6) is 0.482. The summed E-state index contributed by atoms with van der Waals surface area (Å²) >= 11 is 0. The van der Waals surface area contributed by atoms with Gasteiger partial charge in [-0.1, -0.05) is 18.2 Å². The summed E-state index contributed by atoms with van der Waals surface area (Å²) in [6.45, 7) is 1.74. The van der Waals surface area contributed by atoms with Crippen LogP contribution in [0, 0.1) is 5.82 Å². The van der Waals surface area contributed by atoms with Crippen LogP contribution in [0.2, 0.25) is 0 Å². The normalized spacial score (nSPS) is 12.7. The van der Waals surface area contributed by atoms with E-state index in [9.17, 15) is 12.8 Å². The van der Waals surface area contributed by atoms with E-state index in [1.807, 2.05) is 0 Å². The maximum Gasteiger partial charge on any atom is 0.216 e. The zero-order chi connectivity index (χ0) is 17.7. The highest BCUT2D eigenvalue weighted by Crippen LogP contribution is 2.30. The van der Waals surface area contributed by atoms with Gasteiger partial charge in [0.1, 0.15) is 5.82 Å². The predicted octanol–water partition coefficient (Wildman–Crippen LogP) is 3.02. The molecule has 1 unspecified atom stereocenters. The summed E-state index contributed by atoms with van der Waals surface area (Å²) in [6.07, 6.45) is 0. The maximum atomic E-state index is 12.9. The highest BCUT2D eigenvalue weighted by molar-refractivity contribution is 7.88. The van der Waals surface area contributed by atoms with Gasteiger partial charge in [0, 0.05) is 6.04 Å². The van der Waals surface area contributed by atoms with Crippen molar-refractivity contribution in [2.24, 2.45) is 0 Å². The molecule has 2 aromatic rings. The van der Waals surface area contributed by atoms with Gasteiger partial charge < -0.3 is 9.47 Å². The molecule has 2 aromatic carbocycles. The highest BCUT2D eigenvalue weighted by atomic mass is 32.2. The molecule has 1 N–H and O–H groups in total. The minimum absolute atomic E-state index is 0.217. The lowest BCUT2D eigenvalue weighted by atomic mass is 10.1. The first-order valence-corrected chi connectivity index (χ1v) is 8.96. The Hall–Kier alpha value is -2.12. The summed E-state index contributed by atoms with van der Waals surface area (Å²) in [6, 6.07) is 10.2. The molecular weight excluding hydrogens is 333 g/mol. The maximum absolute atomic E-state index is 12.9. The number of hydrogen-bond acceptors (Lipinski definition) is 4. The van der Waals surface area contributed by atoms with Crippen LogP contribution in [0.1, 0.15) is 24.1 Å². The number of methoxy groups -OCH3 is 2. The third-order valence-corrected chi connectivity index (χ3v) is 4.96. The van der Waals surface area contributed by atoms with Crippen molar-refractivity contribution in [3.8, 4) is 11.5 Å². The van der Waals surface area contributed by atoms with Crippen molar-refractivity contribution in [2.75, 3.05) is 14.2 Å². The van der Waals surface area contributed by atoms with Crippen molar-refractivity contribution >= 4 is 10.0 Å². The topological polar surface area (TPSA) is 64.6 Å². The second kappa shape index (κ2) is 7.63. The molecule has 0 aliphatic rings. The Kier molecular flexibility index (Phi) is 5.80. The van der Waals surface area contributed by atoms with E-state index in [-0.39, 0.29) is 5.75 Å². The van der Waals surface area contributed by atoms with Gasteiger partial charge in [0.15, 0.2) is 11.5 Å². The number of halogens is 1. The van der Waals surface area contributed by atoms with Crippen molar-refractivity contribution < 1.29 is 22.3 Å². The molecule has 0 aliphatic carbocycles. The molecule has 0 radical (unpaired) electrons. The Labute approximate surface area is 141 Å². The van der Waals surface area contributed by atoms with Crippen LogP contribution < -0.4 is 14.2 Å². The first kappa shape index (κ1) is 18.2. The summed E-state index contributed by atoms with van der Waals surface area (Å²) < 4.78 is 50.5. The molecule has 0 fully saturated rings. The van der Waals surface area contributed by atoms with Crippen LogP contribution in [0.5, 0.6) is 11.5 Å². The minimum Gasteiger partial charge on any atom is -0.493 e. The van der Waals surface area contributed by atoms with Crippen LogP contribution in [0.25, 0.3) is 0 Å². The molecule has 1 atom stereocenters. The molecular formula is C17H20FNO4S. The van der Waals surface area contributed by atoms with Gasteiger partial charge in [0.25, 0.3) is 0 Å². The van der Waals surface area contributed by atoms with E-state index in [2.05, 4.69) is 4.72 Å². The highest BCUT2D eigenvalue weighted by Gasteiger charge is 2.18. The van der Waals surface area contributed by atoms with Gasteiger partial charge in [-0.05, 0) is 42.3 Å². The summed E-state index contributed by atoms with van der Waals surface area (Å²) in [7, 11) is -0.522. The number of sulfonamides is 1. The lowest BCUT2D eigenvalue weighted by molar-refractivity contribution is 0.354. The standard InChI is InChI=1S/C17H20FNO4S/c1-12(14-6-9-16(22-2)17(10-14)23-3)19-24(20,21)11-13-4-7-15(18)8-5-13/h4-10,12,19H,11H2,1-3H3. The zero-order valence-electron chi connectivity index (χ0n) is 13.7. The van der Waals surface area contributed by atoms with E-state index in [1.165, 1.54) is 38.5 Å². The Morgan fingerprint density at radius 1 is 1.04 bits per heavy atom. The molecule has 0 bridgehead atoms. The number of ether oxygens (including phenoxy) is 2. The fourth-order valence-corrected chi connectivity index (χ4v) is 3.69. The quantitative estimate of drug-likeness (QED) is 0.831.